The van der Waals surface area contributed by atoms with Crippen LogP contribution in [0.25, 0.3) is 0 Å². The van der Waals surface area contributed by atoms with Gasteiger partial charge in [0.25, 0.3) is 0 Å². The molecule has 0 amide bonds. The van der Waals surface area contributed by atoms with E-state index in [2.05, 4.69) is 6.92 Å². The zero-order chi connectivity index (χ0) is 4.71. The van der Waals surface area contributed by atoms with Gasteiger partial charge >= 0.3 is 32.7 Å². The molecule has 0 aromatic heterocycles. The van der Waals surface area contributed by atoms with Crippen molar-refractivity contribution in [3.8, 4) is 0 Å². The molecule has 0 aliphatic heterocycles. The summed E-state index contributed by atoms with van der Waals surface area (Å²) in [5.41, 5.74) is 0. The molecule has 0 rings (SSSR count). The van der Waals surface area contributed by atoms with E-state index in [1.807, 2.05) is 20.3 Å². The molecule has 0 aliphatic rings. The third-order valence-corrected chi connectivity index (χ3v) is 0. The predicted molar refractivity (Wildman–Crippen MR) is 52.7 cm³/mol. The Morgan fingerprint density at radius 1 is 0.909 bits per heavy atom. The third kappa shape index (κ3) is 261. The van der Waals surface area contributed by atoms with Gasteiger partial charge in [0, 0.05) is 32.7 Å². The standard InChI is InChI=1S/C3H7.C2H5.CH4.3CH3.2Y/c1-3-2;1-2;;;;;;/h3H,1-2H3;1H2,2H3;1H4;3*1H3;;/q2*-1;;3*-1;;+3. The van der Waals surface area contributed by atoms with E-state index in [1.54, 1.807) is 6.92 Å². The zero-order valence-corrected chi connectivity index (χ0v) is 14.1. The first-order valence-electron chi connectivity index (χ1n) is 1.86. The smallest absolute Gasteiger partial charge is 0.358 e. The second-order valence-electron chi connectivity index (χ2n) is 0.577. The van der Waals surface area contributed by atoms with Crippen molar-refractivity contribution in [2.45, 2.75) is 28.2 Å². The molecule has 0 spiro atoms. The van der Waals surface area contributed by atoms with E-state index in [0.717, 1.165) is 0 Å². The Kier molecular flexibility index (Phi) is 983. The Morgan fingerprint density at radius 3 is 0.909 bits per heavy atom. The van der Waals surface area contributed by atoms with Crippen LogP contribution in [0.5, 0.6) is 0 Å². The van der Waals surface area contributed by atoms with Crippen LogP contribution in [0.1, 0.15) is 28.2 Å². The molecule has 11 heavy (non-hydrogen) atoms. The summed E-state index contributed by atoms with van der Waals surface area (Å²) in [7, 11) is 0. The van der Waals surface area contributed by atoms with Gasteiger partial charge in [0.15, 0.2) is 0 Å². The van der Waals surface area contributed by atoms with Crippen molar-refractivity contribution in [1.82, 2.24) is 0 Å². The van der Waals surface area contributed by atoms with Gasteiger partial charge in [-0.15, -0.1) is 0 Å². The van der Waals surface area contributed by atoms with E-state index in [0.29, 0.717) is 0 Å². The molecule has 0 atom stereocenters. The first-order chi connectivity index (χ1) is 2.41. The van der Waals surface area contributed by atoms with E-state index in [9.17, 15) is 0 Å². The molecule has 1 radical (unpaired) electrons. The van der Waals surface area contributed by atoms with Gasteiger partial charge in [-0.3, -0.25) is 0 Å². The van der Waals surface area contributed by atoms with Crippen molar-refractivity contribution in [2.24, 2.45) is 0 Å². The zero-order valence-electron chi connectivity index (χ0n) is 8.44. The van der Waals surface area contributed by atoms with Crippen LogP contribution in [-0.2, 0) is 65.4 Å². The molecule has 0 saturated carbocycles. The van der Waals surface area contributed by atoms with Crippen molar-refractivity contribution in [3.05, 3.63) is 35.6 Å². The normalized spacial score (nSPS) is 2.18. The molecule has 0 N–H and O–H groups in total. The van der Waals surface area contributed by atoms with Gasteiger partial charge < -0.3 is 35.6 Å². The molecule has 69 valence electrons. The molecule has 0 nitrogen and oxygen atoms in total. The summed E-state index contributed by atoms with van der Waals surface area (Å²) in [6.07, 6.45) is 2.00. The van der Waals surface area contributed by atoms with E-state index in [1.165, 1.54) is 0 Å². The molecule has 0 fully saturated rings. The maximum atomic E-state index is 3.25. The minimum Gasteiger partial charge on any atom is -0.358 e. The number of rotatable bonds is 0. The SMILES string of the molecule is C.C[CH-]C.[CH2-]C.[CH3-].[CH3-].[CH3-].[Y+3].[Y]. The van der Waals surface area contributed by atoms with Crippen LogP contribution in [0.2, 0.25) is 0 Å². The summed E-state index contributed by atoms with van der Waals surface area (Å²) in [5, 5.41) is 0. The van der Waals surface area contributed by atoms with Crippen molar-refractivity contribution in [1.29, 1.82) is 0 Å². The Hall–Kier alpha value is 2.21. The van der Waals surface area contributed by atoms with E-state index < -0.39 is 0 Å². The topological polar surface area (TPSA) is 0 Å². The monoisotopic (exact) mass is 311 g/mol. The molecular weight excluding hydrogens is 286 g/mol. The average molecular weight is 311 g/mol. The summed E-state index contributed by atoms with van der Waals surface area (Å²) in [4.78, 5) is 0. The van der Waals surface area contributed by atoms with Crippen LogP contribution in [0.4, 0.5) is 0 Å². The summed E-state index contributed by atoms with van der Waals surface area (Å²) < 4.78 is 0. The molecule has 0 aliphatic carbocycles. The fourth-order valence-electron chi connectivity index (χ4n) is 0. The second kappa shape index (κ2) is 149. The van der Waals surface area contributed by atoms with Crippen LogP contribution >= 0.6 is 0 Å². The second-order valence-corrected chi connectivity index (χ2v) is 0.577. The van der Waals surface area contributed by atoms with Gasteiger partial charge in [-0.05, 0) is 0 Å². The van der Waals surface area contributed by atoms with Crippen molar-refractivity contribution in [2.75, 3.05) is 0 Å². The largest absolute Gasteiger partial charge is 3.00 e. The molecule has 0 saturated heterocycles. The molecule has 0 unspecified atom stereocenters. The van der Waals surface area contributed by atoms with Crippen LogP contribution in [0, 0.1) is 35.6 Å². The molecule has 0 aromatic rings. The van der Waals surface area contributed by atoms with E-state index >= 15 is 0 Å². The van der Waals surface area contributed by atoms with Crippen LogP contribution in [0.3, 0.4) is 0 Å². The minimum atomic E-state index is 0. The van der Waals surface area contributed by atoms with Gasteiger partial charge in [-0.25, -0.2) is 0 Å². The maximum Gasteiger partial charge on any atom is 3.00 e. The Morgan fingerprint density at radius 2 is 0.909 bits per heavy atom. The minimum absolute atomic E-state index is 0. The quantitative estimate of drug-likeness (QED) is 0.592. The first kappa shape index (κ1) is 72.6. The Bertz CT molecular complexity index is 7.52. The van der Waals surface area contributed by atoms with Gasteiger partial charge in [0.2, 0.25) is 0 Å². The van der Waals surface area contributed by atoms with Crippen LogP contribution in [-0.4, -0.2) is 0 Å². The summed E-state index contributed by atoms with van der Waals surface area (Å²) >= 11 is 0. The summed E-state index contributed by atoms with van der Waals surface area (Å²) in [6.45, 7) is 9.00. The fraction of sp³-hybridized carbons (Fsp3) is 0.444. The summed E-state index contributed by atoms with van der Waals surface area (Å²) in [5.74, 6) is 0. The third-order valence-electron chi connectivity index (χ3n) is 0. The number of hydrogen-bond acceptors (Lipinski definition) is 0. The predicted octanol–water partition coefficient (Wildman–Crippen LogP) is 4.05. The average Bonchev–Trinajstić information content (AvgIpc) is 1.46. The fourth-order valence-corrected chi connectivity index (χ4v) is 0. The van der Waals surface area contributed by atoms with Crippen molar-refractivity contribution in [3.63, 3.8) is 0 Å². The molecular formula is C9H25Y2-2. The molecule has 0 heterocycles. The van der Waals surface area contributed by atoms with Crippen molar-refractivity contribution >= 4 is 0 Å². The first-order valence-corrected chi connectivity index (χ1v) is 1.86. The molecule has 2 heteroatoms. The molecule has 0 aromatic carbocycles. The van der Waals surface area contributed by atoms with Gasteiger partial charge in [0.05, 0.1) is 0 Å². The Labute approximate surface area is 127 Å². The van der Waals surface area contributed by atoms with Gasteiger partial charge in [-0.1, -0.05) is 7.43 Å². The van der Waals surface area contributed by atoms with Gasteiger partial charge in [-0.2, -0.15) is 20.8 Å². The Balaban J connectivity index is -0.00000000181. The van der Waals surface area contributed by atoms with Crippen LogP contribution in [0.15, 0.2) is 0 Å². The van der Waals surface area contributed by atoms with E-state index in [4.69, 9.17) is 0 Å². The maximum absolute atomic E-state index is 3.25. The van der Waals surface area contributed by atoms with E-state index in [-0.39, 0.29) is 95.1 Å². The van der Waals surface area contributed by atoms with Crippen LogP contribution < -0.4 is 0 Å². The van der Waals surface area contributed by atoms with Crippen molar-refractivity contribution < 1.29 is 65.4 Å². The summed E-state index contributed by atoms with van der Waals surface area (Å²) in [6, 6.07) is 0. The van der Waals surface area contributed by atoms with Gasteiger partial charge in [0.1, 0.15) is 0 Å². The number of hydrogen-bond donors (Lipinski definition) is 0. The molecule has 0 bridgehead atoms.